The van der Waals surface area contributed by atoms with Gasteiger partial charge in [0.05, 0.1) is 19.1 Å². The number of nitrogens with two attached hydrogens (primary N) is 3. The number of aliphatic carboxylic acids is 2. The molecule has 37 heteroatoms. The van der Waals surface area contributed by atoms with Crippen LogP contribution in [0.1, 0.15) is 103 Å². The predicted molar refractivity (Wildman–Crippen MR) is 403 cm³/mol. The molecule has 5 aromatic rings. The molecule has 0 bridgehead atoms. The van der Waals surface area contributed by atoms with E-state index in [4.69, 9.17) is 22.3 Å². The van der Waals surface area contributed by atoms with E-state index in [0.29, 0.717) is 40.4 Å². The van der Waals surface area contributed by atoms with Crippen LogP contribution in [0.2, 0.25) is 0 Å². The summed E-state index contributed by atoms with van der Waals surface area (Å²) < 4.78 is 0. The quantitative estimate of drug-likeness (QED) is 0.0144. The van der Waals surface area contributed by atoms with Crippen molar-refractivity contribution in [3.63, 3.8) is 0 Å². The van der Waals surface area contributed by atoms with E-state index in [9.17, 15) is 82.1 Å². The summed E-state index contributed by atoms with van der Waals surface area (Å²) in [5.74, 6) is -16.1. The van der Waals surface area contributed by atoms with Crippen LogP contribution in [0.3, 0.4) is 0 Å². The van der Waals surface area contributed by atoms with E-state index in [1.165, 1.54) is 19.1 Å². The Kier molecular flexibility index (Phi) is 35.6. The number of aromatic nitrogens is 2. The number of carboxylic acid groups (broad SMARTS) is 2. The van der Waals surface area contributed by atoms with E-state index < -0.39 is 206 Å². The third-order valence-electron chi connectivity index (χ3n) is 17.1. The maximum absolute atomic E-state index is 14.7. The molecule has 3 aromatic carbocycles. The normalized spacial score (nSPS) is 14.3. The van der Waals surface area contributed by atoms with E-state index in [1.54, 1.807) is 88.6 Å². The Hall–Kier alpha value is -10.8. The fourth-order valence-electron chi connectivity index (χ4n) is 11.3. The van der Waals surface area contributed by atoms with Gasteiger partial charge in [0.25, 0.3) is 0 Å². The number of aromatic amines is 2. The number of unbranched alkanes of at least 4 members (excludes halogenated alkanes) is 1. The highest BCUT2D eigenvalue weighted by Gasteiger charge is 2.37. The Bertz CT molecular complexity index is 3980. The number of hydrogen-bond acceptors (Lipinski definition) is 20. The molecule has 35 nitrogen and oxygen atoms in total. The monoisotopic (exact) mass is 1540 g/mol. The van der Waals surface area contributed by atoms with Crippen molar-refractivity contribution in [3.8, 4) is 5.75 Å². The van der Waals surface area contributed by atoms with Gasteiger partial charge in [-0.25, -0.2) is 4.79 Å². The van der Waals surface area contributed by atoms with Crippen molar-refractivity contribution in [2.75, 3.05) is 31.1 Å². The van der Waals surface area contributed by atoms with Gasteiger partial charge in [-0.15, -0.1) is 0 Å². The second kappa shape index (κ2) is 43.7. The maximum Gasteiger partial charge on any atom is 0.326 e. The molecule has 0 saturated carbocycles. The number of aromatic hydroxyl groups is 1. The molecule has 0 aliphatic rings. The Labute approximate surface area is 633 Å². The molecule has 23 N–H and O–H groups in total. The Morgan fingerprint density at radius 1 is 0.454 bits per heavy atom. The van der Waals surface area contributed by atoms with Crippen LogP contribution in [0.15, 0.2) is 85.2 Å². The molecule has 2 aromatic heterocycles. The summed E-state index contributed by atoms with van der Waals surface area (Å²) in [5, 5.41) is 60.1. The van der Waals surface area contributed by atoms with Gasteiger partial charge in [-0.1, -0.05) is 76.2 Å². The average molecular weight is 1540 g/mol. The van der Waals surface area contributed by atoms with E-state index in [0.717, 1.165) is 10.9 Å². The fourth-order valence-corrected chi connectivity index (χ4v) is 11.8. The van der Waals surface area contributed by atoms with Crippen molar-refractivity contribution in [2.45, 2.75) is 172 Å². The molecular weight excluding hydrogens is 1440 g/mol. The van der Waals surface area contributed by atoms with Gasteiger partial charge in [0.15, 0.2) is 0 Å². The van der Waals surface area contributed by atoms with E-state index in [-0.39, 0.29) is 56.1 Å². The molecule has 5 rings (SSSR count). The molecule has 588 valence electrons. The van der Waals surface area contributed by atoms with Crippen molar-refractivity contribution in [1.29, 1.82) is 0 Å². The lowest BCUT2D eigenvalue weighted by Crippen LogP contribution is -2.61. The number of benzene rings is 3. The number of carbonyl (C=O) groups is 15. The number of carboxylic acids is 2. The number of phenolic OH excluding ortho intramolecular Hbond substituents is 1. The van der Waals surface area contributed by atoms with Gasteiger partial charge in [0, 0.05) is 77.8 Å². The minimum atomic E-state index is -1.62. The number of rotatable bonds is 46. The summed E-state index contributed by atoms with van der Waals surface area (Å²) in [6, 6.07) is 4.78. The summed E-state index contributed by atoms with van der Waals surface area (Å²) in [4.78, 5) is 208. The standard InChI is InChI=1S/C71H99N17O18S2/c1-36(2)26-50(65(99)86-55(35-108)69(103)82-48(21-23-56(74)90)62(96)77-32-57(91)79-49(71(105)106)22-24-59(93)94)80-58(92)33-78-63(97)52(28-40-30-75-45-14-8-6-12-43(40)45)85-70(104)60(37(3)4)88-64(98)47(16-10-11-25-72)81-68(102)54(34-107)87-67(101)53(29-41-31-76-46-15-9-7-13-44(41)46)84-66(100)51(83-61(95)38(5)73)27-39-17-19-42(89)20-18-39/h6-9,12-15,17-20,30-31,36-38,47-55,60,75-76,89,107-108H,10-11,16,21-29,32-35,72-73H2,1-5H3,(H2,74,90)(H,77,96)(H,78,97)(H,79,91)(H,80,92)(H,81,102)(H,82,103)(H,83,95)(H,84,100)(H,85,104)(H,86,99)(H,87,101)(H,88,98)(H,93,94)(H,105,106)/t38-,47-,48-,49-,50-,51-,52-,53-,54-,55-,60-/m0/s1. The van der Waals surface area contributed by atoms with Gasteiger partial charge < -0.3 is 106 Å². The summed E-state index contributed by atoms with van der Waals surface area (Å²) in [7, 11) is 0. The molecule has 0 radical (unpaired) electrons. The van der Waals surface area contributed by atoms with Crippen LogP contribution < -0.4 is 81.0 Å². The fraction of sp³-hybridized carbons (Fsp3) is 0.479. The van der Waals surface area contributed by atoms with Crippen molar-refractivity contribution >= 4 is 136 Å². The van der Waals surface area contributed by atoms with E-state index >= 15 is 0 Å². The van der Waals surface area contributed by atoms with Gasteiger partial charge in [-0.2, -0.15) is 25.3 Å². The second-order valence-electron chi connectivity index (χ2n) is 26.7. The average Bonchev–Trinajstić information content (AvgIpc) is 1.65. The predicted octanol–water partition coefficient (Wildman–Crippen LogP) is -2.28. The number of H-pyrrole nitrogens is 2. The van der Waals surface area contributed by atoms with Gasteiger partial charge in [0.1, 0.15) is 66.2 Å². The number of para-hydroxylation sites is 2. The lowest BCUT2D eigenvalue weighted by atomic mass is 9.99. The first-order chi connectivity index (χ1) is 51.2. The minimum absolute atomic E-state index is 0.0190. The molecule has 11 atom stereocenters. The topological polar surface area (TPSA) is 571 Å². The van der Waals surface area contributed by atoms with Crippen LogP contribution in [0.5, 0.6) is 5.75 Å². The Morgan fingerprint density at radius 2 is 0.870 bits per heavy atom. The molecule has 0 unspecified atom stereocenters. The minimum Gasteiger partial charge on any atom is -0.508 e. The zero-order chi connectivity index (χ0) is 79.9. The number of carbonyl (C=O) groups excluding carboxylic acids is 13. The number of nitrogens with one attached hydrogen (secondary N) is 14. The molecule has 0 spiro atoms. The van der Waals surface area contributed by atoms with Crippen molar-refractivity contribution in [1.82, 2.24) is 73.8 Å². The molecule has 0 aliphatic carbocycles. The summed E-state index contributed by atoms with van der Waals surface area (Å²) in [6.45, 7) is 6.71. The largest absolute Gasteiger partial charge is 0.508 e. The van der Waals surface area contributed by atoms with Crippen LogP contribution >= 0.6 is 25.3 Å². The van der Waals surface area contributed by atoms with Crippen LogP contribution in [0.25, 0.3) is 21.8 Å². The first kappa shape index (κ1) is 87.8. The number of amides is 13. The zero-order valence-corrected chi connectivity index (χ0v) is 62.3. The van der Waals surface area contributed by atoms with Gasteiger partial charge >= 0.3 is 11.9 Å². The first-order valence-corrected chi connectivity index (χ1v) is 36.3. The molecule has 108 heavy (non-hydrogen) atoms. The van der Waals surface area contributed by atoms with Crippen molar-refractivity contribution in [3.05, 3.63) is 102 Å². The third-order valence-corrected chi connectivity index (χ3v) is 17.9. The van der Waals surface area contributed by atoms with Gasteiger partial charge in [-0.05, 0) is 105 Å². The molecule has 13 amide bonds. The highest BCUT2D eigenvalue weighted by atomic mass is 32.1. The van der Waals surface area contributed by atoms with Crippen LogP contribution in [0, 0.1) is 11.8 Å². The summed E-state index contributed by atoms with van der Waals surface area (Å²) >= 11 is 8.61. The Morgan fingerprint density at radius 3 is 1.34 bits per heavy atom. The van der Waals surface area contributed by atoms with Crippen LogP contribution in [-0.4, -0.2) is 212 Å². The molecule has 0 fully saturated rings. The third kappa shape index (κ3) is 28.5. The van der Waals surface area contributed by atoms with Crippen molar-refractivity contribution in [2.24, 2.45) is 29.0 Å². The zero-order valence-electron chi connectivity index (χ0n) is 60.5. The number of thiol groups is 2. The SMILES string of the molecule is CC(C)C[C@H](NC(=O)CNC(=O)[C@H](Cc1c[nH]c2ccccc12)NC(=O)[C@@H](NC(=O)[C@H](CCCCN)NC(=O)[C@H](CS)NC(=O)[C@H](Cc1c[nH]c2ccccc12)NC(=O)[C@H](Cc1ccc(O)cc1)NC(=O)[C@H](C)N)C(C)C)C(=O)N[C@@H](CS)C(=O)N[C@@H](CCC(N)=O)C(=O)NCC(=O)N[C@@H](CCC(=O)O)C(=O)O. The maximum atomic E-state index is 14.7. The first-order valence-electron chi connectivity index (χ1n) is 35.1. The van der Waals surface area contributed by atoms with Crippen molar-refractivity contribution < 1.29 is 87.2 Å². The van der Waals surface area contributed by atoms with E-state index in [1.807, 2.05) is 12.1 Å². The van der Waals surface area contributed by atoms with E-state index in [2.05, 4.69) is 99.0 Å². The smallest absolute Gasteiger partial charge is 0.326 e. The number of primary amides is 1. The second-order valence-corrected chi connectivity index (χ2v) is 27.4. The lowest BCUT2D eigenvalue weighted by Gasteiger charge is -2.28. The van der Waals surface area contributed by atoms with Gasteiger partial charge in [0.2, 0.25) is 76.8 Å². The number of phenols is 1. The van der Waals surface area contributed by atoms with Crippen LogP contribution in [-0.2, 0) is 91.2 Å². The molecule has 2 heterocycles. The summed E-state index contributed by atoms with van der Waals surface area (Å²) in [5.41, 5.74) is 20.2. The highest BCUT2D eigenvalue weighted by Crippen LogP contribution is 2.22. The van der Waals surface area contributed by atoms with Gasteiger partial charge in [-0.3, -0.25) is 67.1 Å². The highest BCUT2D eigenvalue weighted by molar-refractivity contribution is 7.80. The molecular formula is C71H99N17O18S2. The number of fused-ring (bicyclic) bond motifs is 2. The number of hydrogen-bond donors (Lipinski definition) is 22. The lowest BCUT2D eigenvalue weighted by molar-refractivity contribution is -0.143. The molecule has 0 saturated heterocycles. The Balaban J connectivity index is 1.31. The molecule has 0 aliphatic heterocycles. The summed E-state index contributed by atoms with van der Waals surface area (Å²) in [6.07, 6.45) is 1.63. The van der Waals surface area contributed by atoms with Crippen LogP contribution in [0.4, 0.5) is 0 Å².